The number of halogens is 1. The third-order valence-corrected chi connectivity index (χ3v) is 4.40. The SMILES string of the molecule is O=C(O)C1CCCN(C(=O)c2cn[nH]c2-c2ccccc2Cl)C1. The van der Waals surface area contributed by atoms with Gasteiger partial charge in [-0.3, -0.25) is 14.7 Å². The first-order valence-corrected chi connectivity index (χ1v) is 7.76. The number of nitrogens with zero attached hydrogens (tertiary/aromatic N) is 2. The minimum Gasteiger partial charge on any atom is -0.481 e. The summed E-state index contributed by atoms with van der Waals surface area (Å²) in [6.45, 7) is 0.775. The average Bonchev–Trinajstić information content (AvgIpc) is 3.04. The van der Waals surface area contributed by atoms with Gasteiger partial charge >= 0.3 is 5.97 Å². The average molecular weight is 334 g/mol. The molecule has 1 aliphatic rings. The summed E-state index contributed by atoms with van der Waals surface area (Å²) < 4.78 is 0. The number of aromatic amines is 1. The zero-order valence-corrected chi connectivity index (χ0v) is 13.1. The molecule has 2 N–H and O–H groups in total. The molecule has 1 atom stereocenters. The van der Waals surface area contributed by atoms with Gasteiger partial charge in [0.05, 0.1) is 23.4 Å². The molecule has 1 saturated heterocycles. The summed E-state index contributed by atoms with van der Waals surface area (Å²) in [5.74, 6) is -1.59. The minimum atomic E-state index is -0.860. The molecule has 1 fully saturated rings. The Bertz CT molecular complexity index is 744. The van der Waals surface area contributed by atoms with Gasteiger partial charge < -0.3 is 10.0 Å². The summed E-state index contributed by atoms with van der Waals surface area (Å²) in [4.78, 5) is 25.5. The number of carbonyl (C=O) groups excluding carboxylic acids is 1. The summed E-state index contributed by atoms with van der Waals surface area (Å²) in [6.07, 6.45) is 2.75. The molecular formula is C16H16ClN3O3. The number of H-pyrrole nitrogens is 1. The Kier molecular flexibility index (Phi) is 4.34. The topological polar surface area (TPSA) is 86.3 Å². The second kappa shape index (κ2) is 6.42. The summed E-state index contributed by atoms with van der Waals surface area (Å²) >= 11 is 6.19. The second-order valence-corrected chi connectivity index (χ2v) is 5.97. The molecular weight excluding hydrogens is 318 g/mol. The number of carboxylic acids is 1. The van der Waals surface area contributed by atoms with E-state index < -0.39 is 11.9 Å². The van der Waals surface area contributed by atoms with Crippen LogP contribution in [-0.2, 0) is 4.79 Å². The molecule has 23 heavy (non-hydrogen) atoms. The third-order valence-electron chi connectivity index (χ3n) is 4.07. The van der Waals surface area contributed by atoms with E-state index in [1.165, 1.54) is 6.20 Å². The second-order valence-electron chi connectivity index (χ2n) is 5.57. The maximum atomic E-state index is 12.8. The first kappa shape index (κ1) is 15.6. The summed E-state index contributed by atoms with van der Waals surface area (Å²) in [5, 5.41) is 16.5. The molecule has 3 rings (SSSR count). The zero-order chi connectivity index (χ0) is 16.4. The number of aromatic nitrogens is 2. The Hall–Kier alpha value is -2.34. The number of amides is 1. The molecule has 0 aliphatic carbocycles. The Morgan fingerprint density at radius 3 is 2.87 bits per heavy atom. The molecule has 1 aromatic heterocycles. The van der Waals surface area contributed by atoms with Crippen LogP contribution in [0.25, 0.3) is 11.3 Å². The fourth-order valence-corrected chi connectivity index (χ4v) is 3.08. The van der Waals surface area contributed by atoms with Crippen molar-refractivity contribution in [1.29, 1.82) is 0 Å². The number of carbonyl (C=O) groups is 2. The number of hydrogen-bond donors (Lipinski definition) is 2. The standard InChI is InChI=1S/C16H16ClN3O3/c17-13-6-2-1-5-11(13)14-12(8-18-19-14)15(21)20-7-3-4-10(9-20)16(22)23/h1-2,5-6,8,10H,3-4,7,9H2,(H,18,19)(H,22,23). The molecule has 7 heteroatoms. The lowest BCUT2D eigenvalue weighted by Crippen LogP contribution is -2.42. The molecule has 2 heterocycles. The number of benzene rings is 1. The molecule has 1 unspecified atom stereocenters. The zero-order valence-electron chi connectivity index (χ0n) is 12.3. The van der Waals surface area contributed by atoms with Gasteiger partial charge in [-0.2, -0.15) is 5.10 Å². The third kappa shape index (κ3) is 3.07. The van der Waals surface area contributed by atoms with Crippen molar-refractivity contribution in [2.24, 2.45) is 5.92 Å². The largest absolute Gasteiger partial charge is 0.481 e. The summed E-state index contributed by atoms with van der Waals surface area (Å²) in [6, 6.07) is 7.19. The number of hydrogen-bond acceptors (Lipinski definition) is 3. The summed E-state index contributed by atoms with van der Waals surface area (Å²) in [5.41, 5.74) is 1.66. The number of nitrogens with one attached hydrogen (secondary N) is 1. The lowest BCUT2D eigenvalue weighted by molar-refractivity contribution is -0.143. The number of aliphatic carboxylic acids is 1. The van der Waals surface area contributed by atoms with Crippen LogP contribution in [0, 0.1) is 5.92 Å². The van der Waals surface area contributed by atoms with Crippen molar-refractivity contribution in [2.45, 2.75) is 12.8 Å². The highest BCUT2D eigenvalue weighted by atomic mass is 35.5. The van der Waals surface area contributed by atoms with Crippen LogP contribution in [-0.4, -0.2) is 45.2 Å². The van der Waals surface area contributed by atoms with E-state index in [9.17, 15) is 9.59 Å². The molecule has 1 amide bonds. The Morgan fingerprint density at radius 2 is 2.13 bits per heavy atom. The van der Waals surface area contributed by atoms with Gasteiger partial charge in [-0.1, -0.05) is 29.8 Å². The van der Waals surface area contributed by atoms with Crippen molar-refractivity contribution < 1.29 is 14.7 Å². The molecule has 0 bridgehead atoms. The van der Waals surface area contributed by atoms with E-state index >= 15 is 0 Å². The number of piperidine rings is 1. The van der Waals surface area contributed by atoms with Crippen LogP contribution in [0.1, 0.15) is 23.2 Å². The van der Waals surface area contributed by atoms with Crippen molar-refractivity contribution in [2.75, 3.05) is 13.1 Å². The van der Waals surface area contributed by atoms with Gasteiger partial charge in [-0.05, 0) is 18.9 Å². The van der Waals surface area contributed by atoms with Crippen molar-refractivity contribution in [3.05, 3.63) is 41.0 Å². The normalized spacial score (nSPS) is 18.0. The van der Waals surface area contributed by atoms with Crippen LogP contribution in [0.4, 0.5) is 0 Å². The first-order chi connectivity index (χ1) is 11.1. The van der Waals surface area contributed by atoms with Gasteiger partial charge in [0.1, 0.15) is 0 Å². The lowest BCUT2D eigenvalue weighted by Gasteiger charge is -2.30. The molecule has 0 spiro atoms. The van der Waals surface area contributed by atoms with Crippen molar-refractivity contribution in [3.63, 3.8) is 0 Å². The highest BCUT2D eigenvalue weighted by Gasteiger charge is 2.30. The fourth-order valence-electron chi connectivity index (χ4n) is 2.85. The predicted molar refractivity (Wildman–Crippen MR) is 85.3 cm³/mol. The van der Waals surface area contributed by atoms with E-state index in [1.807, 2.05) is 18.2 Å². The van der Waals surface area contributed by atoms with Gasteiger partial charge in [0.25, 0.3) is 5.91 Å². The molecule has 0 saturated carbocycles. The molecule has 1 aliphatic heterocycles. The quantitative estimate of drug-likeness (QED) is 0.904. The van der Waals surface area contributed by atoms with Gasteiger partial charge in [-0.15, -0.1) is 0 Å². The van der Waals surface area contributed by atoms with E-state index in [4.69, 9.17) is 16.7 Å². The monoisotopic (exact) mass is 333 g/mol. The predicted octanol–water partition coefficient (Wildman–Crippen LogP) is 2.67. The Morgan fingerprint density at radius 1 is 1.35 bits per heavy atom. The number of rotatable bonds is 3. The van der Waals surface area contributed by atoms with Crippen LogP contribution in [0.5, 0.6) is 0 Å². The Labute approximate surface area is 138 Å². The van der Waals surface area contributed by atoms with E-state index in [1.54, 1.807) is 11.0 Å². The van der Waals surface area contributed by atoms with Gasteiger partial charge in [0, 0.05) is 23.7 Å². The maximum Gasteiger partial charge on any atom is 0.308 e. The Balaban J connectivity index is 1.88. The van der Waals surface area contributed by atoms with Gasteiger partial charge in [-0.25, -0.2) is 0 Å². The lowest BCUT2D eigenvalue weighted by atomic mass is 9.97. The van der Waals surface area contributed by atoms with E-state index in [0.717, 1.165) is 0 Å². The van der Waals surface area contributed by atoms with Crippen LogP contribution >= 0.6 is 11.6 Å². The molecule has 0 radical (unpaired) electrons. The number of carboxylic acid groups (broad SMARTS) is 1. The maximum absolute atomic E-state index is 12.8. The molecule has 6 nitrogen and oxygen atoms in total. The first-order valence-electron chi connectivity index (χ1n) is 7.38. The molecule has 2 aromatic rings. The van der Waals surface area contributed by atoms with E-state index in [-0.39, 0.29) is 12.5 Å². The molecule has 1 aromatic carbocycles. The highest BCUT2D eigenvalue weighted by molar-refractivity contribution is 6.33. The number of likely N-dealkylation sites (tertiary alicyclic amines) is 1. The summed E-state index contributed by atoms with van der Waals surface area (Å²) in [7, 11) is 0. The molecule has 120 valence electrons. The van der Waals surface area contributed by atoms with Crippen LogP contribution in [0.15, 0.2) is 30.5 Å². The van der Waals surface area contributed by atoms with Crippen molar-refractivity contribution in [1.82, 2.24) is 15.1 Å². The highest BCUT2D eigenvalue weighted by Crippen LogP contribution is 2.30. The fraction of sp³-hybridized carbons (Fsp3) is 0.312. The van der Waals surface area contributed by atoms with E-state index in [0.29, 0.717) is 41.2 Å². The van der Waals surface area contributed by atoms with Crippen molar-refractivity contribution in [3.8, 4) is 11.3 Å². The van der Waals surface area contributed by atoms with Crippen LogP contribution < -0.4 is 0 Å². The van der Waals surface area contributed by atoms with Crippen LogP contribution in [0.3, 0.4) is 0 Å². The van der Waals surface area contributed by atoms with Crippen LogP contribution in [0.2, 0.25) is 5.02 Å². The van der Waals surface area contributed by atoms with E-state index in [2.05, 4.69) is 10.2 Å². The van der Waals surface area contributed by atoms with Gasteiger partial charge in [0.15, 0.2) is 0 Å². The van der Waals surface area contributed by atoms with Crippen molar-refractivity contribution >= 4 is 23.5 Å². The smallest absolute Gasteiger partial charge is 0.308 e. The van der Waals surface area contributed by atoms with Gasteiger partial charge in [0.2, 0.25) is 0 Å². The minimum absolute atomic E-state index is 0.223.